The second kappa shape index (κ2) is 6.37. The normalized spacial score (nSPS) is 15.6. The van der Waals surface area contributed by atoms with E-state index in [4.69, 9.17) is 0 Å². The van der Waals surface area contributed by atoms with E-state index in [9.17, 15) is 0 Å². The van der Waals surface area contributed by atoms with E-state index in [1.807, 2.05) is 6.20 Å². The van der Waals surface area contributed by atoms with E-state index in [2.05, 4.69) is 74.8 Å². The van der Waals surface area contributed by atoms with Gasteiger partial charge in [0.1, 0.15) is 0 Å². The molecule has 1 aliphatic carbocycles. The van der Waals surface area contributed by atoms with Crippen molar-refractivity contribution in [1.29, 1.82) is 0 Å². The summed E-state index contributed by atoms with van der Waals surface area (Å²) in [5.41, 5.74) is 8.72. The molecular weight excluding hydrogens is 278 g/mol. The number of fused-ring (bicyclic) bond motifs is 1. The summed E-state index contributed by atoms with van der Waals surface area (Å²) >= 11 is 0. The summed E-state index contributed by atoms with van der Waals surface area (Å²) < 4.78 is 0. The zero-order valence-corrected chi connectivity index (χ0v) is 14.2. The Kier molecular flexibility index (Phi) is 4.29. The monoisotopic (exact) mass is 301 g/mol. The molecule has 0 bridgehead atoms. The highest BCUT2D eigenvalue weighted by atomic mass is 14.6. The van der Waals surface area contributed by atoms with Gasteiger partial charge < -0.3 is 0 Å². The van der Waals surface area contributed by atoms with E-state index in [1.54, 1.807) is 0 Å². The molecule has 2 aromatic rings. The topological polar surface area (TPSA) is 12.9 Å². The minimum absolute atomic E-state index is 0.924. The zero-order valence-electron chi connectivity index (χ0n) is 14.2. The summed E-state index contributed by atoms with van der Waals surface area (Å²) in [6.45, 7) is 10.6. The van der Waals surface area contributed by atoms with Crippen LogP contribution < -0.4 is 0 Å². The Labute approximate surface area is 138 Å². The maximum Gasteiger partial charge on any atom is 0.0708 e. The van der Waals surface area contributed by atoms with Gasteiger partial charge in [0.15, 0.2) is 0 Å². The van der Waals surface area contributed by atoms with Gasteiger partial charge in [-0.15, -0.1) is 0 Å². The number of hydrogen-bond donors (Lipinski definition) is 0. The van der Waals surface area contributed by atoms with E-state index in [0.717, 1.165) is 18.4 Å². The van der Waals surface area contributed by atoms with E-state index in [1.165, 1.54) is 38.8 Å². The molecular formula is C22H23N. The first-order valence-corrected chi connectivity index (χ1v) is 8.22. The van der Waals surface area contributed by atoms with Gasteiger partial charge in [-0.1, -0.05) is 37.8 Å². The number of pyridine rings is 1. The molecule has 0 radical (unpaired) electrons. The van der Waals surface area contributed by atoms with Gasteiger partial charge in [0.2, 0.25) is 0 Å². The minimum atomic E-state index is 0.924. The van der Waals surface area contributed by atoms with Gasteiger partial charge in [-0.25, -0.2) is 0 Å². The number of hydrogen-bond acceptors (Lipinski definition) is 1. The van der Waals surface area contributed by atoms with Crippen molar-refractivity contribution in [3.05, 3.63) is 77.5 Å². The highest BCUT2D eigenvalue weighted by Gasteiger charge is 2.11. The average molecular weight is 301 g/mol. The molecule has 1 aromatic carbocycles. The van der Waals surface area contributed by atoms with Crippen LogP contribution in [0.1, 0.15) is 44.7 Å². The van der Waals surface area contributed by atoms with Crippen molar-refractivity contribution in [3.8, 4) is 0 Å². The Morgan fingerprint density at radius 1 is 1.26 bits per heavy atom. The van der Waals surface area contributed by atoms with Gasteiger partial charge in [0.05, 0.1) is 5.52 Å². The molecule has 0 unspecified atom stereocenters. The summed E-state index contributed by atoms with van der Waals surface area (Å²) in [5.74, 6) is 0. The van der Waals surface area contributed by atoms with Gasteiger partial charge in [-0.3, -0.25) is 4.98 Å². The Balaban J connectivity index is 2.13. The molecule has 0 saturated carbocycles. The standard InChI is InChI=1S/C22H23N/c1-5-6-16(3)20-11-12-23-22-10-9-19(14-21(20)22)18-8-7-15(2)17(4)13-18/h6-12,14H,4-5,13H2,1-3H3. The number of benzene rings is 1. The van der Waals surface area contributed by atoms with Gasteiger partial charge in [0, 0.05) is 11.6 Å². The minimum Gasteiger partial charge on any atom is -0.256 e. The van der Waals surface area contributed by atoms with Gasteiger partial charge in [-0.05, 0) is 78.3 Å². The highest BCUT2D eigenvalue weighted by molar-refractivity contribution is 5.93. The second-order valence-corrected chi connectivity index (χ2v) is 6.21. The molecule has 0 N–H and O–H groups in total. The summed E-state index contributed by atoms with van der Waals surface area (Å²) in [4.78, 5) is 4.52. The van der Waals surface area contributed by atoms with Gasteiger partial charge in [0.25, 0.3) is 0 Å². The molecule has 0 aliphatic heterocycles. The predicted molar refractivity (Wildman–Crippen MR) is 101 cm³/mol. The average Bonchev–Trinajstić information content (AvgIpc) is 2.56. The lowest BCUT2D eigenvalue weighted by molar-refractivity contribution is 1.21. The first-order chi connectivity index (χ1) is 11.1. The van der Waals surface area contributed by atoms with Crippen molar-refractivity contribution in [2.24, 2.45) is 0 Å². The lowest BCUT2D eigenvalue weighted by atomic mass is 9.89. The Morgan fingerprint density at radius 3 is 2.83 bits per heavy atom. The van der Waals surface area contributed by atoms with E-state index < -0.39 is 0 Å². The Hall–Kier alpha value is -2.41. The van der Waals surface area contributed by atoms with Gasteiger partial charge >= 0.3 is 0 Å². The third-order valence-corrected chi connectivity index (χ3v) is 4.54. The fourth-order valence-electron chi connectivity index (χ4n) is 3.08. The van der Waals surface area contributed by atoms with Crippen LogP contribution in [-0.2, 0) is 0 Å². The first kappa shape index (κ1) is 15.5. The first-order valence-electron chi connectivity index (χ1n) is 8.22. The summed E-state index contributed by atoms with van der Waals surface area (Å²) in [7, 11) is 0. The maximum absolute atomic E-state index is 4.52. The molecule has 0 atom stereocenters. The molecule has 0 spiro atoms. The fraction of sp³-hybridized carbons (Fsp3) is 0.227. The smallest absolute Gasteiger partial charge is 0.0708 e. The fourth-order valence-corrected chi connectivity index (χ4v) is 3.08. The highest BCUT2D eigenvalue weighted by Crippen LogP contribution is 2.32. The molecule has 0 saturated heterocycles. The van der Waals surface area contributed by atoms with Crippen LogP contribution in [0.25, 0.3) is 22.0 Å². The van der Waals surface area contributed by atoms with Crippen LogP contribution in [-0.4, -0.2) is 4.98 Å². The Bertz CT molecular complexity index is 863. The summed E-state index contributed by atoms with van der Waals surface area (Å²) in [6, 6.07) is 8.69. The van der Waals surface area contributed by atoms with E-state index >= 15 is 0 Å². The van der Waals surface area contributed by atoms with Crippen LogP contribution in [0.3, 0.4) is 0 Å². The molecule has 1 heterocycles. The van der Waals surface area contributed by atoms with Crippen molar-refractivity contribution in [2.75, 3.05) is 0 Å². The molecule has 1 nitrogen and oxygen atoms in total. The Morgan fingerprint density at radius 2 is 2.09 bits per heavy atom. The summed E-state index contributed by atoms with van der Waals surface area (Å²) in [5, 5.41) is 1.23. The third kappa shape index (κ3) is 3.05. The van der Waals surface area contributed by atoms with Crippen LogP contribution >= 0.6 is 0 Å². The number of allylic oxidation sites excluding steroid dienone is 7. The zero-order chi connectivity index (χ0) is 16.4. The van der Waals surface area contributed by atoms with Crippen molar-refractivity contribution >= 4 is 22.0 Å². The maximum atomic E-state index is 4.52. The number of aromatic nitrogens is 1. The SMILES string of the molecule is C=C1CC(c2ccc3nccc(C(C)=CCC)c3c2)=CC=C1C. The molecule has 0 amide bonds. The van der Waals surface area contributed by atoms with Crippen LogP contribution in [0, 0.1) is 0 Å². The molecule has 0 fully saturated rings. The molecule has 1 heteroatoms. The lowest BCUT2D eigenvalue weighted by Crippen LogP contribution is -1.95. The quantitative estimate of drug-likeness (QED) is 0.644. The van der Waals surface area contributed by atoms with Crippen molar-refractivity contribution in [1.82, 2.24) is 4.98 Å². The number of nitrogens with zero attached hydrogens (tertiary/aromatic N) is 1. The van der Waals surface area contributed by atoms with Crippen molar-refractivity contribution in [3.63, 3.8) is 0 Å². The second-order valence-electron chi connectivity index (χ2n) is 6.21. The van der Waals surface area contributed by atoms with Crippen LogP contribution in [0.4, 0.5) is 0 Å². The third-order valence-electron chi connectivity index (χ3n) is 4.54. The summed E-state index contributed by atoms with van der Waals surface area (Å²) in [6.07, 6.45) is 10.5. The van der Waals surface area contributed by atoms with Crippen LogP contribution in [0.5, 0.6) is 0 Å². The molecule has 23 heavy (non-hydrogen) atoms. The molecule has 1 aromatic heterocycles. The molecule has 3 rings (SSSR count). The predicted octanol–water partition coefficient (Wildman–Crippen LogP) is 6.34. The van der Waals surface area contributed by atoms with Crippen molar-refractivity contribution < 1.29 is 0 Å². The van der Waals surface area contributed by atoms with Crippen LogP contribution in [0.2, 0.25) is 0 Å². The molecule has 116 valence electrons. The van der Waals surface area contributed by atoms with E-state index in [-0.39, 0.29) is 0 Å². The van der Waals surface area contributed by atoms with E-state index in [0.29, 0.717) is 0 Å². The van der Waals surface area contributed by atoms with Crippen LogP contribution in [0.15, 0.2) is 66.4 Å². The van der Waals surface area contributed by atoms with Crippen molar-refractivity contribution in [2.45, 2.75) is 33.6 Å². The largest absolute Gasteiger partial charge is 0.256 e. The van der Waals surface area contributed by atoms with Gasteiger partial charge in [-0.2, -0.15) is 0 Å². The molecule has 1 aliphatic rings. The lowest BCUT2D eigenvalue weighted by Gasteiger charge is -2.16. The number of rotatable bonds is 3.